The molecule has 134 valence electrons. The number of nitrogens with one attached hydrogen (secondary N) is 1. The molecule has 26 heavy (non-hydrogen) atoms. The lowest BCUT2D eigenvalue weighted by Crippen LogP contribution is -2.27. The van der Waals surface area contributed by atoms with E-state index >= 15 is 0 Å². The fourth-order valence-electron chi connectivity index (χ4n) is 2.48. The second kappa shape index (κ2) is 8.58. The molecule has 0 radical (unpaired) electrons. The number of halogens is 1. The minimum atomic E-state index is -0.349. The van der Waals surface area contributed by atoms with Gasteiger partial charge < -0.3 is 10.1 Å². The maximum absolute atomic E-state index is 13.1. The summed E-state index contributed by atoms with van der Waals surface area (Å²) < 4.78 is 18.5. The van der Waals surface area contributed by atoms with Crippen molar-refractivity contribution in [1.29, 1.82) is 0 Å². The zero-order valence-electron chi connectivity index (χ0n) is 14.4. The second-order valence-electron chi connectivity index (χ2n) is 5.75. The SMILES string of the molecule is Cc1nc(Cc2ccccc2)sc1C(=O)NCCOc1cccc(F)c1. The molecule has 3 rings (SSSR count). The smallest absolute Gasteiger partial charge is 0.263 e. The molecule has 6 heteroatoms. The molecule has 0 spiro atoms. The van der Waals surface area contributed by atoms with Gasteiger partial charge in [0.05, 0.1) is 17.2 Å². The summed E-state index contributed by atoms with van der Waals surface area (Å²) in [5.41, 5.74) is 1.89. The zero-order chi connectivity index (χ0) is 18.4. The molecule has 1 aromatic heterocycles. The molecule has 0 aliphatic rings. The number of amides is 1. The van der Waals surface area contributed by atoms with Gasteiger partial charge >= 0.3 is 0 Å². The highest BCUT2D eigenvalue weighted by Crippen LogP contribution is 2.20. The zero-order valence-corrected chi connectivity index (χ0v) is 15.2. The maximum atomic E-state index is 13.1. The predicted molar refractivity (Wildman–Crippen MR) is 100 cm³/mol. The second-order valence-corrected chi connectivity index (χ2v) is 6.83. The first kappa shape index (κ1) is 18.1. The monoisotopic (exact) mass is 370 g/mol. The number of hydrogen-bond donors (Lipinski definition) is 1. The van der Waals surface area contributed by atoms with Crippen LogP contribution in [0.25, 0.3) is 0 Å². The molecule has 2 aromatic carbocycles. The number of hydrogen-bond acceptors (Lipinski definition) is 4. The van der Waals surface area contributed by atoms with Gasteiger partial charge in [0.1, 0.15) is 23.1 Å². The Morgan fingerprint density at radius 1 is 1.19 bits per heavy atom. The summed E-state index contributed by atoms with van der Waals surface area (Å²) in [4.78, 5) is 17.5. The molecule has 0 saturated heterocycles. The summed E-state index contributed by atoms with van der Waals surface area (Å²) in [6.07, 6.45) is 0.711. The van der Waals surface area contributed by atoms with Crippen molar-refractivity contribution >= 4 is 17.2 Å². The van der Waals surface area contributed by atoms with Gasteiger partial charge in [-0.3, -0.25) is 4.79 Å². The summed E-state index contributed by atoms with van der Waals surface area (Å²) in [5, 5.41) is 3.73. The lowest BCUT2D eigenvalue weighted by Gasteiger charge is -2.07. The van der Waals surface area contributed by atoms with E-state index in [0.29, 0.717) is 23.6 Å². The number of aromatic nitrogens is 1. The van der Waals surface area contributed by atoms with Crippen LogP contribution in [0.5, 0.6) is 5.75 Å². The molecule has 0 unspecified atom stereocenters. The molecule has 1 heterocycles. The Morgan fingerprint density at radius 3 is 2.77 bits per heavy atom. The van der Waals surface area contributed by atoms with Crippen molar-refractivity contribution in [2.75, 3.05) is 13.2 Å². The first-order valence-electron chi connectivity index (χ1n) is 8.28. The van der Waals surface area contributed by atoms with Gasteiger partial charge in [-0.15, -0.1) is 11.3 Å². The van der Waals surface area contributed by atoms with E-state index in [2.05, 4.69) is 10.3 Å². The van der Waals surface area contributed by atoms with Crippen LogP contribution in [0.3, 0.4) is 0 Å². The van der Waals surface area contributed by atoms with Gasteiger partial charge in [-0.05, 0) is 24.6 Å². The Morgan fingerprint density at radius 2 is 2.00 bits per heavy atom. The third-order valence-corrected chi connectivity index (χ3v) is 4.85. The lowest BCUT2D eigenvalue weighted by molar-refractivity contribution is 0.0950. The standard InChI is InChI=1S/C20H19FN2O2S/c1-14-19(26-18(23-14)12-15-6-3-2-4-7-15)20(24)22-10-11-25-17-9-5-8-16(21)13-17/h2-9,13H,10-12H2,1H3,(H,22,24). The van der Waals surface area contributed by atoms with Crippen molar-refractivity contribution in [2.24, 2.45) is 0 Å². The van der Waals surface area contributed by atoms with Crippen molar-refractivity contribution in [3.8, 4) is 5.75 Å². The molecule has 1 N–H and O–H groups in total. The van der Waals surface area contributed by atoms with Crippen molar-refractivity contribution in [1.82, 2.24) is 10.3 Å². The fourth-order valence-corrected chi connectivity index (χ4v) is 3.49. The Labute approximate surface area is 155 Å². The van der Waals surface area contributed by atoms with Crippen LogP contribution in [0.2, 0.25) is 0 Å². The molecule has 3 aromatic rings. The van der Waals surface area contributed by atoms with Gasteiger partial charge in [0.2, 0.25) is 0 Å². The number of nitrogens with zero attached hydrogens (tertiary/aromatic N) is 1. The van der Waals surface area contributed by atoms with Gasteiger partial charge in [0.15, 0.2) is 0 Å². The normalized spacial score (nSPS) is 10.5. The summed E-state index contributed by atoms with van der Waals surface area (Å²) in [5.74, 6) is -0.0710. The van der Waals surface area contributed by atoms with Crippen molar-refractivity contribution in [3.05, 3.63) is 81.6 Å². The van der Waals surface area contributed by atoms with Gasteiger partial charge in [-0.1, -0.05) is 36.4 Å². The third kappa shape index (κ3) is 4.89. The Bertz CT molecular complexity index is 881. The highest BCUT2D eigenvalue weighted by molar-refractivity contribution is 7.13. The Kier molecular flexibility index (Phi) is 5.96. The molecule has 1 amide bonds. The van der Waals surface area contributed by atoms with Crippen LogP contribution in [0, 0.1) is 12.7 Å². The molecule has 0 aliphatic carbocycles. The maximum Gasteiger partial charge on any atom is 0.263 e. The van der Waals surface area contributed by atoms with Crippen LogP contribution in [-0.2, 0) is 6.42 Å². The van der Waals surface area contributed by atoms with Gasteiger partial charge in [0, 0.05) is 12.5 Å². The minimum Gasteiger partial charge on any atom is -0.492 e. The minimum absolute atomic E-state index is 0.165. The van der Waals surface area contributed by atoms with Gasteiger partial charge in [-0.2, -0.15) is 0 Å². The average molecular weight is 370 g/mol. The van der Waals surface area contributed by atoms with E-state index in [1.54, 1.807) is 12.1 Å². The van der Waals surface area contributed by atoms with Crippen LogP contribution in [0.15, 0.2) is 54.6 Å². The summed E-state index contributed by atoms with van der Waals surface area (Å²) in [6.45, 7) is 2.44. The quantitative estimate of drug-likeness (QED) is 0.640. The average Bonchev–Trinajstić information content (AvgIpc) is 3.00. The highest BCUT2D eigenvalue weighted by Gasteiger charge is 2.15. The first-order chi connectivity index (χ1) is 12.6. The van der Waals surface area contributed by atoms with E-state index in [1.807, 2.05) is 37.3 Å². The van der Waals surface area contributed by atoms with Crippen LogP contribution in [0.4, 0.5) is 4.39 Å². The number of benzene rings is 2. The predicted octanol–water partition coefficient (Wildman–Crippen LogP) is 3.99. The fraction of sp³-hybridized carbons (Fsp3) is 0.200. The third-order valence-electron chi connectivity index (χ3n) is 3.70. The molecule has 0 aliphatic heterocycles. The topological polar surface area (TPSA) is 51.2 Å². The summed E-state index contributed by atoms with van der Waals surface area (Å²) >= 11 is 1.41. The number of aryl methyl sites for hydroxylation is 1. The van der Waals surface area contributed by atoms with E-state index < -0.39 is 0 Å². The van der Waals surface area contributed by atoms with Gasteiger partial charge in [-0.25, -0.2) is 9.37 Å². The number of thiazole rings is 1. The van der Waals surface area contributed by atoms with Crippen LogP contribution in [-0.4, -0.2) is 24.0 Å². The molecular weight excluding hydrogens is 351 g/mol. The number of rotatable bonds is 7. The molecular formula is C20H19FN2O2S. The van der Waals surface area contributed by atoms with Gasteiger partial charge in [0.25, 0.3) is 5.91 Å². The van der Waals surface area contributed by atoms with Crippen LogP contribution >= 0.6 is 11.3 Å². The molecule has 0 saturated carbocycles. The number of ether oxygens (including phenoxy) is 1. The van der Waals surface area contributed by atoms with E-state index in [0.717, 1.165) is 16.3 Å². The van der Waals surface area contributed by atoms with E-state index in [-0.39, 0.29) is 18.3 Å². The van der Waals surface area contributed by atoms with Crippen molar-refractivity contribution in [2.45, 2.75) is 13.3 Å². The Hall–Kier alpha value is -2.73. The van der Waals surface area contributed by atoms with E-state index in [9.17, 15) is 9.18 Å². The lowest BCUT2D eigenvalue weighted by atomic mass is 10.2. The molecule has 0 fully saturated rings. The van der Waals surface area contributed by atoms with Crippen LogP contribution < -0.4 is 10.1 Å². The van der Waals surface area contributed by atoms with Crippen molar-refractivity contribution < 1.29 is 13.9 Å². The van der Waals surface area contributed by atoms with E-state index in [1.165, 1.54) is 23.5 Å². The molecule has 0 atom stereocenters. The summed E-state index contributed by atoms with van der Waals surface area (Å²) in [7, 11) is 0. The molecule has 4 nitrogen and oxygen atoms in total. The molecule has 0 bridgehead atoms. The largest absolute Gasteiger partial charge is 0.492 e. The first-order valence-corrected chi connectivity index (χ1v) is 9.10. The van der Waals surface area contributed by atoms with Crippen molar-refractivity contribution in [3.63, 3.8) is 0 Å². The number of carbonyl (C=O) groups excluding carboxylic acids is 1. The summed E-state index contributed by atoms with van der Waals surface area (Å²) in [6, 6.07) is 16.0. The number of carbonyl (C=O) groups is 1. The Balaban J connectivity index is 1.51. The highest BCUT2D eigenvalue weighted by atomic mass is 32.1. The van der Waals surface area contributed by atoms with E-state index in [4.69, 9.17) is 4.74 Å². The van der Waals surface area contributed by atoms with Crippen LogP contribution in [0.1, 0.15) is 25.9 Å².